The lowest BCUT2D eigenvalue weighted by Gasteiger charge is -2.33. The fourth-order valence-electron chi connectivity index (χ4n) is 6.48. The first-order valence-electron chi connectivity index (χ1n) is 16.0. The van der Waals surface area contributed by atoms with Gasteiger partial charge < -0.3 is 25.4 Å². The lowest BCUT2D eigenvalue weighted by Crippen LogP contribution is -2.39. The van der Waals surface area contributed by atoms with E-state index >= 15 is 0 Å². The van der Waals surface area contributed by atoms with E-state index in [4.69, 9.17) is 0 Å². The van der Waals surface area contributed by atoms with Gasteiger partial charge in [-0.05, 0) is 79.8 Å². The van der Waals surface area contributed by atoms with Crippen LogP contribution in [0.25, 0.3) is 21.1 Å². The van der Waals surface area contributed by atoms with Crippen molar-refractivity contribution in [2.45, 2.75) is 70.2 Å². The van der Waals surface area contributed by atoms with Crippen molar-refractivity contribution in [3.05, 3.63) is 94.8 Å². The molecular formula is C36H38F3N7O2S. The van der Waals surface area contributed by atoms with Gasteiger partial charge >= 0.3 is 6.18 Å². The zero-order valence-electron chi connectivity index (χ0n) is 27.3. The summed E-state index contributed by atoms with van der Waals surface area (Å²) in [7, 11) is 0. The molecule has 4 heterocycles. The highest BCUT2D eigenvalue weighted by Gasteiger charge is 2.30. The van der Waals surface area contributed by atoms with Crippen LogP contribution in [-0.4, -0.2) is 61.2 Å². The van der Waals surface area contributed by atoms with Crippen molar-refractivity contribution in [3.63, 3.8) is 0 Å². The first-order chi connectivity index (χ1) is 23.3. The molecule has 1 aliphatic rings. The van der Waals surface area contributed by atoms with E-state index in [1.165, 1.54) is 12.4 Å². The number of nitriles is 1. The largest absolute Gasteiger partial charge is 0.393 e. The number of piperidine rings is 1. The number of nitrogens with one attached hydrogen (secondary N) is 2. The standard InChI is InChI=1S/C36H38F3N7O2S/c1-4-32(47)43-25-8-6-24(7-9-25)35(3,48)20-46-27(18-40)15-29-22(2)23(5-10-31(29)46)19-45-13-11-26(12-14-45)44-33-30-16-28(17-36(37,38)39)49-34(30)42-21-41-33/h4-10,15-16,21,26,32,43,47-48H,1,11-14,17,19-20H2,2-3H3,(H,41,42,44). The van der Waals surface area contributed by atoms with Crippen LogP contribution in [0.4, 0.5) is 24.7 Å². The average molecular weight is 690 g/mol. The summed E-state index contributed by atoms with van der Waals surface area (Å²) < 4.78 is 40.7. The fourth-order valence-corrected chi connectivity index (χ4v) is 7.51. The zero-order chi connectivity index (χ0) is 34.9. The SMILES string of the molecule is C=CC(O)Nc1ccc(C(C)(O)Cn2c(C#N)cc3c(C)c(CN4CCC(Nc5ncnc6sc(CC(F)(F)F)cc56)CC4)ccc32)cc1. The molecule has 2 unspecified atom stereocenters. The number of anilines is 2. The van der Waals surface area contributed by atoms with E-state index in [1.54, 1.807) is 37.3 Å². The maximum absolute atomic E-state index is 13.0. The normalized spacial score (nSPS) is 16.4. The molecule has 0 aliphatic carbocycles. The van der Waals surface area contributed by atoms with Crippen LogP contribution < -0.4 is 10.6 Å². The molecule has 6 rings (SSSR count). The summed E-state index contributed by atoms with van der Waals surface area (Å²) in [6.07, 6.45) is -1.65. The highest BCUT2D eigenvalue weighted by Crippen LogP contribution is 2.34. The predicted molar refractivity (Wildman–Crippen MR) is 186 cm³/mol. The van der Waals surface area contributed by atoms with Gasteiger partial charge in [0.2, 0.25) is 0 Å². The van der Waals surface area contributed by atoms with E-state index in [2.05, 4.69) is 51.1 Å². The number of likely N-dealkylation sites (tertiary alicyclic amines) is 1. The maximum Gasteiger partial charge on any atom is 0.393 e. The second kappa shape index (κ2) is 13.8. The monoisotopic (exact) mass is 689 g/mol. The average Bonchev–Trinajstić information content (AvgIpc) is 3.63. The van der Waals surface area contributed by atoms with Crippen LogP contribution in [0.1, 0.15) is 47.0 Å². The van der Waals surface area contributed by atoms with E-state index in [0.717, 1.165) is 65.8 Å². The molecule has 0 bridgehead atoms. The summed E-state index contributed by atoms with van der Waals surface area (Å²) in [4.78, 5) is 11.7. The van der Waals surface area contributed by atoms with Crippen LogP contribution in [0.15, 0.2) is 67.5 Å². The minimum atomic E-state index is -4.27. The Morgan fingerprint density at radius 1 is 1.12 bits per heavy atom. The molecule has 2 aromatic carbocycles. The Morgan fingerprint density at radius 2 is 1.86 bits per heavy atom. The summed E-state index contributed by atoms with van der Waals surface area (Å²) in [6.45, 7) is 9.92. The predicted octanol–water partition coefficient (Wildman–Crippen LogP) is 6.83. The minimum Gasteiger partial charge on any atom is -0.384 e. The van der Waals surface area contributed by atoms with Crippen LogP contribution >= 0.6 is 11.3 Å². The van der Waals surface area contributed by atoms with Crippen molar-refractivity contribution >= 4 is 44.0 Å². The van der Waals surface area contributed by atoms with Crippen LogP contribution in [0, 0.1) is 18.3 Å². The van der Waals surface area contributed by atoms with Crippen LogP contribution in [0.2, 0.25) is 0 Å². The van der Waals surface area contributed by atoms with Crippen molar-refractivity contribution < 1.29 is 23.4 Å². The Bertz CT molecular complexity index is 2010. The molecule has 256 valence electrons. The third-order valence-electron chi connectivity index (χ3n) is 9.17. The molecule has 4 N–H and O–H groups in total. The Kier molecular flexibility index (Phi) is 9.68. The van der Waals surface area contributed by atoms with Crippen molar-refractivity contribution in [1.82, 2.24) is 19.4 Å². The number of alkyl halides is 3. The number of nitrogens with zero attached hydrogens (tertiary/aromatic N) is 5. The molecule has 13 heteroatoms. The summed E-state index contributed by atoms with van der Waals surface area (Å²) in [5, 5.41) is 39.3. The summed E-state index contributed by atoms with van der Waals surface area (Å²) in [6, 6.07) is 17.1. The minimum absolute atomic E-state index is 0.134. The first-order valence-corrected chi connectivity index (χ1v) is 16.9. The number of aliphatic hydroxyl groups is 2. The van der Waals surface area contributed by atoms with E-state index in [0.29, 0.717) is 33.0 Å². The second-order valence-corrected chi connectivity index (χ2v) is 13.9. The van der Waals surface area contributed by atoms with Crippen molar-refractivity contribution in [2.24, 2.45) is 0 Å². The quantitative estimate of drug-likeness (QED) is 0.0880. The molecule has 0 amide bonds. The highest BCUT2D eigenvalue weighted by atomic mass is 32.1. The molecule has 1 fully saturated rings. The first kappa shape index (κ1) is 34.4. The topological polar surface area (TPSA) is 122 Å². The molecule has 0 saturated carbocycles. The molecule has 0 spiro atoms. The molecule has 49 heavy (non-hydrogen) atoms. The van der Waals surface area contributed by atoms with Gasteiger partial charge in [-0.1, -0.05) is 24.8 Å². The van der Waals surface area contributed by atoms with Gasteiger partial charge in [0.05, 0.1) is 18.4 Å². The van der Waals surface area contributed by atoms with Crippen LogP contribution in [-0.2, 0) is 25.1 Å². The van der Waals surface area contributed by atoms with Gasteiger partial charge in [-0.2, -0.15) is 18.4 Å². The van der Waals surface area contributed by atoms with Gasteiger partial charge in [0.15, 0.2) is 0 Å². The van der Waals surface area contributed by atoms with E-state index in [-0.39, 0.29) is 17.5 Å². The van der Waals surface area contributed by atoms with E-state index in [1.807, 2.05) is 16.7 Å². The summed E-state index contributed by atoms with van der Waals surface area (Å²) in [5.41, 5.74) is 3.66. The van der Waals surface area contributed by atoms with Gasteiger partial charge in [-0.25, -0.2) is 9.97 Å². The number of aliphatic hydroxyl groups excluding tert-OH is 1. The number of thiophene rings is 1. The number of rotatable bonds is 11. The number of aryl methyl sites for hydroxylation is 1. The maximum atomic E-state index is 13.0. The number of aromatic nitrogens is 3. The molecule has 5 aromatic rings. The Hall–Kier alpha value is -4.48. The van der Waals surface area contributed by atoms with Crippen molar-refractivity contribution in [3.8, 4) is 6.07 Å². The van der Waals surface area contributed by atoms with Crippen LogP contribution in [0.5, 0.6) is 0 Å². The number of hydrogen-bond acceptors (Lipinski definition) is 9. The summed E-state index contributed by atoms with van der Waals surface area (Å²) in [5.74, 6) is 0.573. The third kappa shape index (κ3) is 7.73. The van der Waals surface area contributed by atoms with Gasteiger partial charge in [-0.3, -0.25) is 4.90 Å². The molecule has 3 aromatic heterocycles. The van der Waals surface area contributed by atoms with Crippen molar-refractivity contribution in [1.29, 1.82) is 5.26 Å². The molecule has 1 aliphatic heterocycles. The highest BCUT2D eigenvalue weighted by molar-refractivity contribution is 7.18. The summed E-state index contributed by atoms with van der Waals surface area (Å²) >= 11 is 1.05. The van der Waals surface area contributed by atoms with Gasteiger partial charge in [0.1, 0.15) is 40.6 Å². The van der Waals surface area contributed by atoms with Gasteiger partial charge in [0, 0.05) is 47.1 Å². The molecule has 9 nitrogen and oxygen atoms in total. The lowest BCUT2D eigenvalue weighted by atomic mass is 9.95. The number of benzene rings is 2. The Balaban J connectivity index is 1.12. The van der Waals surface area contributed by atoms with E-state index in [9.17, 15) is 28.6 Å². The zero-order valence-corrected chi connectivity index (χ0v) is 28.1. The van der Waals surface area contributed by atoms with Gasteiger partial charge in [-0.15, -0.1) is 11.3 Å². The molecule has 1 saturated heterocycles. The Morgan fingerprint density at radius 3 is 2.53 bits per heavy atom. The third-order valence-corrected chi connectivity index (χ3v) is 10.2. The molecular weight excluding hydrogens is 652 g/mol. The van der Waals surface area contributed by atoms with Gasteiger partial charge in [0.25, 0.3) is 0 Å². The number of fused-ring (bicyclic) bond motifs is 2. The van der Waals surface area contributed by atoms with Crippen LogP contribution in [0.3, 0.4) is 0 Å². The molecule has 0 radical (unpaired) electrons. The molecule has 2 atom stereocenters. The number of halogens is 3. The Labute approximate surface area is 286 Å². The van der Waals surface area contributed by atoms with Crippen molar-refractivity contribution in [2.75, 3.05) is 23.7 Å². The number of hydrogen-bond donors (Lipinski definition) is 4. The second-order valence-electron chi connectivity index (χ2n) is 12.8. The smallest absolute Gasteiger partial charge is 0.384 e. The van der Waals surface area contributed by atoms with E-state index < -0.39 is 24.4 Å². The fraction of sp³-hybridized carbons (Fsp3) is 0.361. The lowest BCUT2D eigenvalue weighted by molar-refractivity contribution is -0.126.